The van der Waals surface area contributed by atoms with Gasteiger partial charge < -0.3 is 9.84 Å². The van der Waals surface area contributed by atoms with Gasteiger partial charge in [0.1, 0.15) is 22.9 Å². The number of carboxylic acids is 1. The lowest BCUT2D eigenvalue weighted by Crippen LogP contribution is -2.00. The molecule has 0 fully saturated rings. The van der Waals surface area contributed by atoms with Crippen LogP contribution in [0.3, 0.4) is 0 Å². The molecule has 0 amide bonds. The van der Waals surface area contributed by atoms with Gasteiger partial charge in [-0.3, -0.25) is 0 Å². The number of halogens is 4. The van der Waals surface area contributed by atoms with Gasteiger partial charge in [-0.2, -0.15) is 0 Å². The fourth-order valence-corrected chi connectivity index (χ4v) is 1.98. The molecule has 0 saturated heterocycles. The normalized spacial score (nSPS) is 10.4. The molecule has 0 spiro atoms. The fourth-order valence-electron chi connectivity index (χ4n) is 1.46. The van der Waals surface area contributed by atoms with E-state index in [-0.39, 0.29) is 32.1 Å². The molecule has 7 heteroatoms. The Morgan fingerprint density at radius 1 is 1.00 bits per heavy atom. The van der Waals surface area contributed by atoms with Crippen molar-refractivity contribution in [2.45, 2.75) is 0 Å². The SMILES string of the molecule is O=C(O)c1cc(Cl)c(Cl)cc1Oc1ccc(F)cc1Cl. The topological polar surface area (TPSA) is 46.5 Å². The Morgan fingerprint density at radius 2 is 1.65 bits per heavy atom. The Labute approximate surface area is 128 Å². The van der Waals surface area contributed by atoms with Crippen molar-refractivity contribution >= 4 is 40.8 Å². The largest absolute Gasteiger partial charge is 0.478 e. The van der Waals surface area contributed by atoms with Crippen molar-refractivity contribution < 1.29 is 19.0 Å². The van der Waals surface area contributed by atoms with Crippen molar-refractivity contribution in [2.24, 2.45) is 0 Å². The van der Waals surface area contributed by atoms with Crippen LogP contribution in [-0.2, 0) is 0 Å². The minimum absolute atomic E-state index is 0.00686. The summed E-state index contributed by atoms with van der Waals surface area (Å²) in [6.45, 7) is 0. The summed E-state index contributed by atoms with van der Waals surface area (Å²) < 4.78 is 18.3. The Morgan fingerprint density at radius 3 is 2.25 bits per heavy atom. The maximum atomic E-state index is 12.9. The molecule has 0 aliphatic rings. The lowest BCUT2D eigenvalue weighted by atomic mass is 10.2. The van der Waals surface area contributed by atoms with E-state index < -0.39 is 11.8 Å². The molecule has 3 nitrogen and oxygen atoms in total. The molecule has 0 atom stereocenters. The van der Waals surface area contributed by atoms with Gasteiger partial charge in [0, 0.05) is 6.07 Å². The zero-order chi connectivity index (χ0) is 14.9. The summed E-state index contributed by atoms with van der Waals surface area (Å²) in [4.78, 5) is 11.1. The molecule has 104 valence electrons. The third kappa shape index (κ3) is 3.15. The predicted octanol–water partition coefficient (Wildman–Crippen LogP) is 5.28. The van der Waals surface area contributed by atoms with Crippen molar-refractivity contribution in [2.75, 3.05) is 0 Å². The average molecular weight is 336 g/mol. The zero-order valence-corrected chi connectivity index (χ0v) is 11.9. The van der Waals surface area contributed by atoms with E-state index in [0.29, 0.717) is 0 Å². The van der Waals surface area contributed by atoms with E-state index >= 15 is 0 Å². The van der Waals surface area contributed by atoms with E-state index in [1.54, 1.807) is 0 Å². The minimum atomic E-state index is -1.24. The summed E-state index contributed by atoms with van der Waals surface area (Å²) >= 11 is 17.4. The third-order valence-electron chi connectivity index (χ3n) is 2.37. The van der Waals surface area contributed by atoms with Crippen LogP contribution in [0.25, 0.3) is 0 Å². The zero-order valence-electron chi connectivity index (χ0n) is 9.66. The highest BCUT2D eigenvalue weighted by atomic mass is 35.5. The molecule has 0 aromatic heterocycles. The second kappa shape index (κ2) is 5.87. The van der Waals surface area contributed by atoms with Crippen molar-refractivity contribution in [3.8, 4) is 11.5 Å². The van der Waals surface area contributed by atoms with Crippen molar-refractivity contribution in [3.63, 3.8) is 0 Å². The molecule has 0 radical (unpaired) electrons. The van der Waals surface area contributed by atoms with Crippen molar-refractivity contribution in [1.82, 2.24) is 0 Å². The molecular formula is C13H6Cl3FO3. The van der Waals surface area contributed by atoms with E-state index in [0.717, 1.165) is 12.1 Å². The van der Waals surface area contributed by atoms with Gasteiger partial charge >= 0.3 is 5.97 Å². The van der Waals surface area contributed by atoms with Crippen LogP contribution in [0.5, 0.6) is 11.5 Å². The summed E-state index contributed by atoms with van der Waals surface area (Å²) in [5, 5.41) is 9.32. The second-order valence-corrected chi connectivity index (χ2v) is 4.97. The van der Waals surface area contributed by atoms with E-state index in [2.05, 4.69) is 0 Å². The third-order valence-corrected chi connectivity index (χ3v) is 3.38. The summed E-state index contributed by atoms with van der Waals surface area (Å²) in [7, 11) is 0. The van der Waals surface area contributed by atoms with Crippen LogP contribution in [0.15, 0.2) is 30.3 Å². The van der Waals surface area contributed by atoms with Crippen molar-refractivity contribution in [3.05, 3.63) is 56.8 Å². The molecule has 0 aliphatic heterocycles. The first-order valence-corrected chi connectivity index (χ1v) is 6.37. The van der Waals surface area contributed by atoms with Gasteiger partial charge in [-0.05, 0) is 24.3 Å². The monoisotopic (exact) mass is 334 g/mol. The quantitative estimate of drug-likeness (QED) is 0.830. The van der Waals surface area contributed by atoms with Crippen LogP contribution >= 0.6 is 34.8 Å². The average Bonchev–Trinajstić information content (AvgIpc) is 2.36. The molecule has 2 rings (SSSR count). The van der Waals surface area contributed by atoms with Crippen LogP contribution in [-0.4, -0.2) is 11.1 Å². The van der Waals surface area contributed by atoms with Gasteiger partial charge in [-0.1, -0.05) is 34.8 Å². The molecule has 0 bridgehead atoms. The van der Waals surface area contributed by atoms with Gasteiger partial charge in [-0.25, -0.2) is 9.18 Å². The standard InChI is InChI=1S/C13H6Cl3FO3/c14-8-4-7(13(18)19)12(5-9(8)15)20-11-2-1-6(17)3-10(11)16/h1-5H,(H,18,19). The lowest BCUT2D eigenvalue weighted by Gasteiger charge is -2.11. The Balaban J connectivity index is 2.47. The van der Waals surface area contributed by atoms with E-state index in [1.807, 2.05) is 0 Å². The van der Waals surface area contributed by atoms with Gasteiger partial charge in [0.25, 0.3) is 0 Å². The molecule has 0 saturated carbocycles. The van der Waals surface area contributed by atoms with Crippen LogP contribution in [0, 0.1) is 5.82 Å². The summed E-state index contributed by atoms with van der Waals surface area (Å²) in [5.41, 5.74) is -0.181. The highest BCUT2D eigenvalue weighted by Gasteiger charge is 2.16. The molecule has 20 heavy (non-hydrogen) atoms. The van der Waals surface area contributed by atoms with Crippen LogP contribution < -0.4 is 4.74 Å². The molecular weight excluding hydrogens is 329 g/mol. The van der Waals surface area contributed by atoms with Gasteiger partial charge in [0.15, 0.2) is 0 Å². The second-order valence-electron chi connectivity index (χ2n) is 3.74. The van der Waals surface area contributed by atoms with Gasteiger partial charge in [0.2, 0.25) is 0 Å². The number of aromatic carboxylic acids is 1. The lowest BCUT2D eigenvalue weighted by molar-refractivity contribution is 0.0694. The van der Waals surface area contributed by atoms with Crippen LogP contribution in [0.4, 0.5) is 4.39 Å². The highest BCUT2D eigenvalue weighted by Crippen LogP contribution is 2.36. The first-order chi connectivity index (χ1) is 9.38. The van der Waals surface area contributed by atoms with E-state index in [1.165, 1.54) is 18.2 Å². The first kappa shape index (κ1) is 14.9. The number of carboxylic acid groups (broad SMARTS) is 1. The van der Waals surface area contributed by atoms with E-state index in [9.17, 15) is 9.18 Å². The molecule has 0 heterocycles. The summed E-state index contributed by atoms with van der Waals surface area (Å²) in [6.07, 6.45) is 0. The molecule has 2 aromatic carbocycles. The smallest absolute Gasteiger partial charge is 0.339 e. The van der Waals surface area contributed by atoms with Crippen LogP contribution in [0.1, 0.15) is 10.4 Å². The van der Waals surface area contributed by atoms with E-state index in [4.69, 9.17) is 44.6 Å². The summed E-state index contributed by atoms with van der Waals surface area (Å²) in [6, 6.07) is 5.89. The molecule has 1 N–H and O–H groups in total. The Kier molecular flexibility index (Phi) is 4.38. The number of hydrogen-bond acceptors (Lipinski definition) is 2. The number of ether oxygens (including phenoxy) is 1. The maximum absolute atomic E-state index is 12.9. The Hall–Kier alpha value is -1.49. The fraction of sp³-hybridized carbons (Fsp3) is 0. The first-order valence-electron chi connectivity index (χ1n) is 5.23. The highest BCUT2D eigenvalue weighted by molar-refractivity contribution is 6.42. The number of benzene rings is 2. The molecule has 2 aromatic rings. The minimum Gasteiger partial charge on any atom is -0.478 e. The number of hydrogen-bond donors (Lipinski definition) is 1. The van der Waals surface area contributed by atoms with Crippen molar-refractivity contribution in [1.29, 1.82) is 0 Å². The number of carbonyl (C=O) groups is 1. The van der Waals surface area contributed by atoms with Gasteiger partial charge in [0.05, 0.1) is 15.1 Å². The Bertz CT molecular complexity index is 689. The molecule has 0 aliphatic carbocycles. The maximum Gasteiger partial charge on any atom is 0.339 e. The number of rotatable bonds is 3. The van der Waals surface area contributed by atoms with Crippen LogP contribution in [0.2, 0.25) is 15.1 Å². The predicted molar refractivity (Wildman–Crippen MR) is 74.9 cm³/mol. The molecule has 0 unspecified atom stereocenters. The summed E-state index contributed by atoms with van der Waals surface area (Å²) in [5.74, 6) is -1.71. The van der Waals surface area contributed by atoms with Gasteiger partial charge in [-0.15, -0.1) is 0 Å².